The number of hydrogen-bond acceptors (Lipinski definition) is 1. The molecule has 3 heteroatoms. The Hall–Kier alpha value is -3.15. The largest absolute Gasteiger partial charge is 0.309 e. The Morgan fingerprint density at radius 2 is 0.849 bits per heavy atom. The van der Waals surface area contributed by atoms with Crippen molar-refractivity contribution in [3.63, 3.8) is 0 Å². The molecule has 284 valence electrons. The van der Waals surface area contributed by atoms with Gasteiger partial charge in [0.25, 0.3) is 0 Å². The molecule has 0 heterocycles. The van der Waals surface area contributed by atoms with Crippen molar-refractivity contribution in [3.05, 3.63) is 102 Å². The predicted octanol–water partition coefficient (Wildman–Crippen LogP) is 14.8. The van der Waals surface area contributed by atoms with Crippen molar-refractivity contribution in [2.75, 3.05) is 4.90 Å². The van der Waals surface area contributed by atoms with Gasteiger partial charge in [0.2, 0.25) is 0 Å². The predicted molar refractivity (Wildman–Crippen MR) is 246 cm³/mol. The summed E-state index contributed by atoms with van der Waals surface area (Å²) in [5, 5.41) is 8.56. The first-order valence-corrected chi connectivity index (χ1v) is 26.1. The van der Waals surface area contributed by atoms with Gasteiger partial charge in [-0.25, -0.2) is 0 Å². The Morgan fingerprint density at radius 1 is 0.415 bits per heavy atom. The lowest BCUT2D eigenvalue weighted by molar-refractivity contribution is 0.569. The van der Waals surface area contributed by atoms with E-state index in [9.17, 15) is 0 Å². The summed E-state index contributed by atoms with van der Waals surface area (Å²) in [5.41, 5.74) is 8.15. The van der Waals surface area contributed by atoms with Crippen molar-refractivity contribution in [3.8, 4) is 0 Å². The van der Waals surface area contributed by atoms with Crippen LogP contribution in [0.4, 0.5) is 17.1 Å². The molecule has 0 N–H and O–H groups in total. The first-order valence-electron chi connectivity index (χ1n) is 20.9. The average Bonchev–Trinajstić information content (AvgIpc) is 3.12. The van der Waals surface area contributed by atoms with Gasteiger partial charge in [0.1, 0.15) is 0 Å². The summed E-state index contributed by atoms with van der Waals surface area (Å²) in [7, 11) is -3.49. The lowest BCUT2D eigenvalue weighted by Gasteiger charge is -2.37. The summed E-state index contributed by atoms with van der Waals surface area (Å²) in [5.74, 6) is 0. The summed E-state index contributed by atoms with van der Waals surface area (Å²) in [6.45, 7) is 36.1. The van der Waals surface area contributed by atoms with Crippen LogP contribution in [0.2, 0.25) is 36.3 Å². The molecule has 53 heavy (non-hydrogen) atoms. The van der Waals surface area contributed by atoms with Gasteiger partial charge in [0.05, 0.1) is 21.8 Å². The van der Waals surface area contributed by atoms with E-state index in [1.54, 1.807) is 10.4 Å². The molecule has 5 aromatic rings. The quantitative estimate of drug-likeness (QED) is 0.0962. The van der Waals surface area contributed by atoms with E-state index in [1.807, 2.05) is 0 Å². The minimum absolute atomic E-state index is 0.000517. The second-order valence-corrected chi connectivity index (χ2v) is 29.7. The lowest BCUT2D eigenvalue weighted by atomic mass is 9.80. The fraction of sp³-hybridized carbons (Fsp3) is 0.480. The lowest BCUT2D eigenvalue weighted by Crippen LogP contribution is -2.52. The zero-order valence-electron chi connectivity index (χ0n) is 36.3. The van der Waals surface area contributed by atoms with Crippen molar-refractivity contribution >= 4 is 65.1 Å². The second-order valence-electron chi connectivity index (χ2n) is 19.2. The smallest absolute Gasteiger partial charge is 0.0860 e. The average molecular weight is 742 g/mol. The van der Waals surface area contributed by atoms with Crippen molar-refractivity contribution in [1.29, 1.82) is 0 Å². The van der Waals surface area contributed by atoms with Crippen LogP contribution < -0.4 is 15.3 Å². The molecule has 0 fully saturated rings. The molecule has 0 unspecified atom stereocenters. The van der Waals surface area contributed by atoms with Gasteiger partial charge in [-0.05, 0) is 74.0 Å². The number of hydrogen-bond donors (Lipinski definition) is 0. The highest BCUT2D eigenvalue weighted by molar-refractivity contribution is 6.94. The Labute approximate surface area is 326 Å². The molecule has 0 saturated heterocycles. The third-order valence-electron chi connectivity index (χ3n) is 13.3. The van der Waals surface area contributed by atoms with E-state index >= 15 is 0 Å². The highest BCUT2D eigenvalue weighted by Crippen LogP contribution is 2.46. The third kappa shape index (κ3) is 7.85. The monoisotopic (exact) mass is 742 g/mol. The van der Waals surface area contributed by atoms with Gasteiger partial charge >= 0.3 is 0 Å². The number of nitrogens with zero attached hydrogens (tertiary/aromatic N) is 1. The molecule has 0 atom stereocenters. The first kappa shape index (κ1) is 41.0. The molecule has 0 aliphatic carbocycles. The Balaban J connectivity index is 2.06. The van der Waals surface area contributed by atoms with Crippen molar-refractivity contribution in [1.82, 2.24) is 0 Å². The van der Waals surface area contributed by atoms with Crippen molar-refractivity contribution in [2.45, 2.75) is 156 Å². The normalized spacial score (nSPS) is 13.3. The van der Waals surface area contributed by atoms with Crippen LogP contribution >= 0.6 is 0 Å². The molecule has 0 spiro atoms. The van der Waals surface area contributed by atoms with Gasteiger partial charge in [-0.3, -0.25) is 0 Å². The molecular weight excluding hydrogens is 671 g/mol. The van der Waals surface area contributed by atoms with Gasteiger partial charge in [-0.1, -0.05) is 205 Å². The maximum atomic E-state index is 2.75. The van der Waals surface area contributed by atoms with E-state index in [2.05, 4.69) is 194 Å². The maximum absolute atomic E-state index is 2.75. The highest BCUT2D eigenvalue weighted by atomic mass is 28.3. The minimum atomic E-state index is -1.74. The summed E-state index contributed by atoms with van der Waals surface area (Å²) in [6.07, 6.45) is 0. The molecule has 0 saturated carbocycles. The van der Waals surface area contributed by atoms with Crippen LogP contribution in [0, 0.1) is 0 Å². The molecule has 5 rings (SSSR count). The minimum Gasteiger partial charge on any atom is -0.309 e. The summed E-state index contributed by atoms with van der Waals surface area (Å²) >= 11 is 0. The van der Waals surface area contributed by atoms with Crippen LogP contribution in [0.25, 0.3) is 21.5 Å². The molecule has 0 aliphatic rings. The topological polar surface area (TPSA) is 3.24 Å². The Bertz CT molecular complexity index is 1970. The molecule has 0 aromatic heterocycles. The Kier molecular flexibility index (Phi) is 11.7. The van der Waals surface area contributed by atoms with Crippen LogP contribution in [-0.4, -0.2) is 16.1 Å². The van der Waals surface area contributed by atoms with E-state index in [-0.39, 0.29) is 16.2 Å². The van der Waals surface area contributed by atoms with Gasteiger partial charge in [0, 0.05) is 22.1 Å². The van der Waals surface area contributed by atoms with E-state index < -0.39 is 16.1 Å². The number of benzene rings is 5. The van der Waals surface area contributed by atoms with Crippen LogP contribution in [0.15, 0.2) is 84.9 Å². The zero-order valence-corrected chi connectivity index (χ0v) is 38.3. The summed E-state index contributed by atoms with van der Waals surface area (Å²) < 4.78 is 0. The van der Waals surface area contributed by atoms with Crippen molar-refractivity contribution in [2.24, 2.45) is 0 Å². The molecule has 0 radical (unpaired) electrons. The number of anilines is 3. The van der Waals surface area contributed by atoms with Gasteiger partial charge in [-0.15, -0.1) is 0 Å². The fourth-order valence-corrected chi connectivity index (χ4v) is 16.3. The van der Waals surface area contributed by atoms with Crippen molar-refractivity contribution < 1.29 is 0 Å². The molecule has 0 amide bonds. The Morgan fingerprint density at radius 3 is 1.30 bits per heavy atom. The number of fused-ring (bicyclic) bond motifs is 2. The third-order valence-corrected chi connectivity index (χ3v) is 24.4. The van der Waals surface area contributed by atoms with E-state index in [1.165, 1.54) is 91.6 Å². The van der Waals surface area contributed by atoms with E-state index in [4.69, 9.17) is 0 Å². The van der Waals surface area contributed by atoms with Crippen LogP contribution in [0.1, 0.15) is 121 Å². The number of rotatable bonds is 11. The second kappa shape index (κ2) is 15.2. The van der Waals surface area contributed by atoms with E-state index in [0.29, 0.717) is 0 Å². The van der Waals surface area contributed by atoms with Crippen LogP contribution in [0.5, 0.6) is 0 Å². The van der Waals surface area contributed by atoms with E-state index in [0.717, 1.165) is 0 Å². The van der Waals surface area contributed by atoms with Gasteiger partial charge in [0.15, 0.2) is 0 Å². The molecular formula is C50H71NSi2. The van der Waals surface area contributed by atoms with Gasteiger partial charge in [-0.2, -0.15) is 0 Å². The first-order chi connectivity index (χ1) is 24.8. The molecule has 0 bridgehead atoms. The summed E-state index contributed by atoms with van der Waals surface area (Å²) in [4.78, 5) is 2.72. The SMILES string of the molecule is CC[Si](CC)(CC)c1cc(N(c2cc(C(C)(C)C)cc(C(C)(C)C)c2)c2c3ccccc3cc3cc(C(C)(C)C)ccc23)cc([Si](CC)(CC)CC)c1. The molecule has 0 aliphatic heterocycles. The van der Waals surface area contributed by atoms with Crippen LogP contribution in [0.3, 0.4) is 0 Å². The zero-order chi connectivity index (χ0) is 39.1. The summed E-state index contributed by atoms with van der Waals surface area (Å²) in [6, 6.07) is 42.1. The maximum Gasteiger partial charge on any atom is 0.0860 e. The highest BCUT2D eigenvalue weighted by Gasteiger charge is 2.36. The molecule has 5 aromatic carbocycles. The van der Waals surface area contributed by atoms with Gasteiger partial charge < -0.3 is 4.90 Å². The fourth-order valence-electron chi connectivity index (χ4n) is 8.85. The standard InChI is InChI=1S/C50H71NSi2/c1-16-52(17-2,18-3)43-33-42(34-44(35-43)53(19-4,20-5)21-6)51(41-31-39(49(10,11)12)30-40(32-41)50(13,14)15)47-45-25-23-22-24-36(45)28-37-29-38(48(7,8)9)26-27-46(37)47/h22-35H,16-21H2,1-15H3. The molecule has 1 nitrogen and oxygen atoms in total. The van der Waals surface area contributed by atoms with Crippen LogP contribution in [-0.2, 0) is 16.2 Å².